The zero-order chi connectivity index (χ0) is 32.6. The molecule has 0 heterocycles. The predicted molar refractivity (Wildman–Crippen MR) is 175 cm³/mol. The number of phenols is 1. The van der Waals surface area contributed by atoms with Gasteiger partial charge in [0.05, 0.1) is 18.1 Å². The summed E-state index contributed by atoms with van der Waals surface area (Å²) in [6.07, 6.45) is 13.4. The molecule has 0 amide bonds. The fourth-order valence-electron chi connectivity index (χ4n) is 12.0. The van der Waals surface area contributed by atoms with E-state index in [1.54, 1.807) is 30.3 Å². The Morgan fingerprint density at radius 1 is 0.933 bits per heavy atom. The first kappa shape index (κ1) is 32.3. The van der Waals surface area contributed by atoms with E-state index < -0.39 is 17.4 Å². The minimum absolute atomic E-state index is 0.0590. The van der Waals surface area contributed by atoms with E-state index in [4.69, 9.17) is 4.74 Å². The highest BCUT2D eigenvalue weighted by atomic mass is 16.5. The Kier molecular flexibility index (Phi) is 7.90. The number of ether oxygens (including phenoxy) is 1. The van der Waals surface area contributed by atoms with E-state index in [0.717, 1.165) is 50.5 Å². The highest BCUT2D eigenvalue weighted by Crippen LogP contribution is 2.75. The van der Waals surface area contributed by atoms with Crippen molar-refractivity contribution in [3.05, 3.63) is 47.6 Å². The minimum atomic E-state index is -0.773. The van der Waals surface area contributed by atoms with E-state index in [-0.39, 0.29) is 57.9 Å². The van der Waals surface area contributed by atoms with Crippen molar-refractivity contribution in [1.82, 2.24) is 0 Å². The second-order valence-electron chi connectivity index (χ2n) is 16.8. The molecule has 0 spiro atoms. The van der Waals surface area contributed by atoms with Crippen LogP contribution in [-0.2, 0) is 14.3 Å². The van der Waals surface area contributed by atoms with Gasteiger partial charge in [-0.1, -0.05) is 65.3 Å². The molecule has 4 fully saturated rings. The normalized spacial score (nSPS) is 43.7. The maximum absolute atomic E-state index is 13.2. The molecule has 5 aliphatic rings. The number of carboxylic acids is 1. The second kappa shape index (κ2) is 11.0. The van der Waals surface area contributed by atoms with Crippen LogP contribution in [0.5, 0.6) is 5.75 Å². The molecule has 1 aromatic carbocycles. The van der Waals surface area contributed by atoms with Gasteiger partial charge in [0, 0.05) is 6.08 Å². The van der Waals surface area contributed by atoms with Crippen LogP contribution in [0.2, 0.25) is 0 Å². The molecule has 5 aliphatic carbocycles. The largest absolute Gasteiger partial charge is 0.508 e. The Bertz CT molecular complexity index is 1390. The molecule has 4 saturated carbocycles. The van der Waals surface area contributed by atoms with Crippen molar-refractivity contribution in [2.24, 2.45) is 56.7 Å². The number of carboxylic acid groups (broad SMARTS) is 1. The van der Waals surface area contributed by atoms with E-state index in [0.29, 0.717) is 24.7 Å². The Morgan fingerprint density at radius 3 is 2.33 bits per heavy atom. The summed E-state index contributed by atoms with van der Waals surface area (Å²) in [6, 6.07) is 6.64. The van der Waals surface area contributed by atoms with Gasteiger partial charge in [-0.2, -0.15) is 0 Å². The van der Waals surface area contributed by atoms with Crippen molar-refractivity contribution < 1.29 is 29.6 Å². The minimum Gasteiger partial charge on any atom is -0.508 e. The van der Waals surface area contributed by atoms with Gasteiger partial charge < -0.3 is 20.1 Å². The van der Waals surface area contributed by atoms with E-state index >= 15 is 0 Å². The van der Waals surface area contributed by atoms with Gasteiger partial charge in [-0.15, -0.1) is 0 Å². The maximum atomic E-state index is 13.2. The molecule has 6 rings (SSSR count). The van der Waals surface area contributed by atoms with Gasteiger partial charge in [-0.3, -0.25) is 4.79 Å². The number of rotatable bonds is 5. The average molecular weight is 619 g/mol. The number of carbonyl (C=O) groups excluding carboxylic acids is 1. The molecule has 45 heavy (non-hydrogen) atoms. The number of fused-ring (bicyclic) bond motifs is 7. The van der Waals surface area contributed by atoms with Crippen molar-refractivity contribution in [3.8, 4) is 5.75 Å². The highest BCUT2D eigenvalue weighted by Gasteiger charge is 2.69. The summed E-state index contributed by atoms with van der Waals surface area (Å²) < 4.78 is 5.78. The molecule has 0 radical (unpaired) electrons. The first-order valence-corrected chi connectivity index (χ1v) is 17.4. The summed E-state index contributed by atoms with van der Waals surface area (Å²) in [5.74, 6) is 0.167. The molecule has 0 saturated heterocycles. The Morgan fingerprint density at radius 2 is 1.64 bits per heavy atom. The highest BCUT2D eigenvalue weighted by molar-refractivity contribution is 5.87. The van der Waals surface area contributed by atoms with Gasteiger partial charge in [-0.25, -0.2) is 4.79 Å². The second-order valence-corrected chi connectivity index (χ2v) is 16.8. The molecule has 246 valence electrons. The lowest BCUT2D eigenvalue weighted by Crippen LogP contribution is -2.65. The smallest absolute Gasteiger partial charge is 0.330 e. The number of aliphatic hydroxyl groups is 1. The molecular weight excluding hydrogens is 564 g/mol. The Labute approximate surface area is 269 Å². The van der Waals surface area contributed by atoms with Crippen molar-refractivity contribution in [2.45, 2.75) is 105 Å². The fraction of sp³-hybridized carbons (Fsp3) is 0.692. The monoisotopic (exact) mass is 618 g/mol. The summed E-state index contributed by atoms with van der Waals surface area (Å²) in [4.78, 5) is 25.9. The quantitative estimate of drug-likeness (QED) is 0.175. The molecular formula is C39H54O6. The van der Waals surface area contributed by atoms with Crippen LogP contribution in [-0.4, -0.2) is 40.0 Å². The van der Waals surface area contributed by atoms with Crippen LogP contribution in [0, 0.1) is 56.7 Å². The fourth-order valence-corrected chi connectivity index (χ4v) is 12.0. The zero-order valence-electron chi connectivity index (χ0n) is 28.1. The number of allylic oxidation sites excluding steroid dienone is 2. The third kappa shape index (κ3) is 4.74. The van der Waals surface area contributed by atoms with Crippen molar-refractivity contribution in [2.75, 3.05) is 6.61 Å². The van der Waals surface area contributed by atoms with Crippen LogP contribution in [0.25, 0.3) is 6.08 Å². The van der Waals surface area contributed by atoms with Crippen LogP contribution in [0.1, 0.15) is 105 Å². The summed E-state index contributed by atoms with van der Waals surface area (Å²) in [5, 5.41) is 31.3. The molecule has 3 unspecified atom stereocenters. The number of phenolic OH excluding ortho intramolecular Hbond substituents is 1. The lowest BCUT2D eigenvalue weighted by atomic mass is 9.33. The maximum Gasteiger partial charge on any atom is 0.330 e. The molecule has 0 aromatic heterocycles. The van der Waals surface area contributed by atoms with Crippen molar-refractivity contribution in [3.63, 3.8) is 0 Å². The summed E-state index contributed by atoms with van der Waals surface area (Å²) in [7, 11) is 0. The van der Waals surface area contributed by atoms with E-state index in [1.165, 1.54) is 11.6 Å². The van der Waals surface area contributed by atoms with E-state index in [1.807, 2.05) is 0 Å². The van der Waals surface area contributed by atoms with Crippen molar-refractivity contribution in [1.29, 1.82) is 0 Å². The number of carbonyl (C=O) groups is 2. The molecule has 0 bridgehead atoms. The van der Waals surface area contributed by atoms with Gasteiger partial charge in [0.15, 0.2) is 0 Å². The number of aliphatic carboxylic acids is 1. The van der Waals surface area contributed by atoms with Crippen LogP contribution in [0.4, 0.5) is 0 Å². The lowest BCUT2D eigenvalue weighted by molar-refractivity contribution is -0.207. The Balaban J connectivity index is 1.27. The number of aromatic hydroxyl groups is 1. The number of hydrogen-bond acceptors (Lipinski definition) is 5. The standard InChI is InChI=1S/C39H54O6/c1-24-26(23-45-32(42)14-9-25-7-10-27(40)11-8-25)15-20-39(34(43)44)22-21-37(5)28(33(24)39)12-13-30-36(4)18-17-31(41)35(2,3)29(36)16-19-38(30,37)6/h7-12,14,24,26,29-31,33,40-41H,13,15-23H2,1-6H3,(H,43,44)/t24?,26?,29-,30+,31?,33-,36+,37-,38-,39+/m1/s1. The number of benzene rings is 1. The molecule has 0 aliphatic heterocycles. The summed E-state index contributed by atoms with van der Waals surface area (Å²) >= 11 is 0. The Hall–Kier alpha value is -2.60. The van der Waals surface area contributed by atoms with Crippen LogP contribution in [0.3, 0.4) is 0 Å². The van der Waals surface area contributed by atoms with E-state index in [2.05, 4.69) is 47.6 Å². The SMILES string of the molecule is CC1C(COC(=O)C=Cc2ccc(O)cc2)CC[C@]2(C(=O)O)CC[C@]3(C)C(=CC[C@H]4[C@@]5(C)CCC(O)C(C)(C)[C@H]5CC[C@]43C)[C@@H]12. The van der Waals surface area contributed by atoms with Gasteiger partial charge in [-0.05, 0) is 133 Å². The first-order valence-electron chi connectivity index (χ1n) is 17.4. The van der Waals surface area contributed by atoms with Gasteiger partial charge in [0.2, 0.25) is 0 Å². The number of aliphatic hydroxyl groups excluding tert-OH is 1. The lowest BCUT2D eigenvalue weighted by Gasteiger charge is -2.71. The average Bonchev–Trinajstić information content (AvgIpc) is 2.98. The predicted octanol–water partition coefficient (Wildman–Crippen LogP) is 8.03. The van der Waals surface area contributed by atoms with Crippen LogP contribution >= 0.6 is 0 Å². The zero-order valence-corrected chi connectivity index (χ0v) is 28.1. The van der Waals surface area contributed by atoms with Crippen molar-refractivity contribution >= 4 is 18.0 Å². The topological polar surface area (TPSA) is 104 Å². The number of esters is 1. The third-order valence-corrected chi connectivity index (χ3v) is 14.9. The molecule has 3 N–H and O–H groups in total. The third-order valence-electron chi connectivity index (χ3n) is 14.9. The molecule has 6 nitrogen and oxygen atoms in total. The number of hydrogen-bond donors (Lipinski definition) is 3. The molecule has 6 heteroatoms. The van der Waals surface area contributed by atoms with Crippen LogP contribution < -0.4 is 0 Å². The van der Waals surface area contributed by atoms with Crippen LogP contribution in [0.15, 0.2) is 42.0 Å². The molecule has 10 atom stereocenters. The van der Waals surface area contributed by atoms with Gasteiger partial charge in [0.1, 0.15) is 5.75 Å². The van der Waals surface area contributed by atoms with Gasteiger partial charge in [0.25, 0.3) is 0 Å². The van der Waals surface area contributed by atoms with E-state index in [9.17, 15) is 24.9 Å². The summed E-state index contributed by atoms with van der Waals surface area (Å²) in [6.45, 7) is 14.5. The van der Waals surface area contributed by atoms with Gasteiger partial charge >= 0.3 is 11.9 Å². The first-order chi connectivity index (χ1) is 21.1. The molecule has 1 aromatic rings. The summed E-state index contributed by atoms with van der Waals surface area (Å²) in [5.41, 5.74) is 1.40.